The predicted octanol–water partition coefficient (Wildman–Crippen LogP) is 2.99. The number of aryl methyl sites for hydroxylation is 1. The van der Waals surface area contributed by atoms with E-state index in [9.17, 15) is 0 Å². The Morgan fingerprint density at radius 3 is 3.00 bits per heavy atom. The first-order valence-corrected chi connectivity index (χ1v) is 6.83. The number of H-pyrrole nitrogens is 1. The van der Waals surface area contributed by atoms with Gasteiger partial charge >= 0.3 is 0 Å². The molecular weight excluding hydrogens is 250 g/mol. The lowest BCUT2D eigenvalue weighted by Crippen LogP contribution is -2.20. The summed E-state index contributed by atoms with van der Waals surface area (Å²) in [5.41, 5.74) is 4.01. The summed E-state index contributed by atoms with van der Waals surface area (Å²) in [6.07, 6.45) is 0.953. The zero-order valence-corrected chi connectivity index (χ0v) is 11.3. The quantitative estimate of drug-likeness (QED) is 0.736. The van der Waals surface area contributed by atoms with Gasteiger partial charge in [0.05, 0.1) is 18.0 Å². The van der Waals surface area contributed by atoms with E-state index in [1.807, 2.05) is 37.3 Å². The molecule has 0 amide bonds. The lowest BCUT2D eigenvalue weighted by atomic mass is 9.96. The topological polar surface area (TPSA) is 50.8 Å². The number of imidazole rings is 1. The largest absolute Gasteiger partial charge is 0.493 e. The van der Waals surface area contributed by atoms with Crippen LogP contribution in [0.3, 0.4) is 0 Å². The van der Waals surface area contributed by atoms with Crippen LogP contribution in [0.4, 0.5) is 0 Å². The van der Waals surface area contributed by atoms with Crippen LogP contribution in [-0.2, 0) is 6.42 Å². The molecule has 4 heteroatoms. The number of nitrogens with one attached hydrogen (secondary N) is 1. The molecule has 20 heavy (non-hydrogen) atoms. The van der Waals surface area contributed by atoms with Gasteiger partial charge in [0, 0.05) is 5.69 Å². The minimum atomic E-state index is 0.263. The maximum Gasteiger partial charge on any atom is 0.177 e. The number of hydrogen-bond acceptors (Lipinski definition) is 3. The zero-order valence-electron chi connectivity index (χ0n) is 11.3. The van der Waals surface area contributed by atoms with Crippen molar-refractivity contribution in [1.82, 2.24) is 15.0 Å². The van der Waals surface area contributed by atoms with Gasteiger partial charge in [-0.25, -0.2) is 9.97 Å². The van der Waals surface area contributed by atoms with Gasteiger partial charge in [0.25, 0.3) is 0 Å². The van der Waals surface area contributed by atoms with E-state index in [4.69, 9.17) is 4.74 Å². The van der Waals surface area contributed by atoms with Crippen molar-refractivity contribution < 1.29 is 4.74 Å². The fourth-order valence-corrected chi connectivity index (χ4v) is 2.70. The van der Waals surface area contributed by atoms with Crippen molar-refractivity contribution in [3.05, 3.63) is 53.5 Å². The SMILES string of the molecule is Cc1ccc2[nH]c(C3COc4ccccc4C3)nc2n1. The second kappa shape index (κ2) is 4.34. The van der Waals surface area contributed by atoms with Gasteiger partial charge in [0.2, 0.25) is 0 Å². The lowest BCUT2D eigenvalue weighted by Gasteiger charge is -2.23. The van der Waals surface area contributed by atoms with Crippen LogP contribution >= 0.6 is 0 Å². The first-order valence-electron chi connectivity index (χ1n) is 6.83. The summed E-state index contributed by atoms with van der Waals surface area (Å²) in [5.74, 6) is 2.22. The highest BCUT2D eigenvalue weighted by atomic mass is 16.5. The molecule has 3 aromatic rings. The molecule has 1 aliphatic heterocycles. The molecule has 0 fully saturated rings. The van der Waals surface area contributed by atoms with E-state index in [-0.39, 0.29) is 5.92 Å². The highest BCUT2D eigenvalue weighted by Gasteiger charge is 2.23. The number of fused-ring (bicyclic) bond motifs is 2. The average molecular weight is 265 g/mol. The number of hydrogen-bond donors (Lipinski definition) is 1. The zero-order chi connectivity index (χ0) is 13.5. The maximum absolute atomic E-state index is 5.83. The monoisotopic (exact) mass is 265 g/mol. The minimum Gasteiger partial charge on any atom is -0.493 e. The molecule has 0 aliphatic carbocycles. The molecule has 0 saturated heterocycles. The Bertz CT molecular complexity index is 778. The van der Waals surface area contributed by atoms with Crippen LogP contribution in [0.15, 0.2) is 36.4 Å². The number of aromatic nitrogens is 3. The van der Waals surface area contributed by atoms with Crippen LogP contribution in [-0.4, -0.2) is 21.6 Å². The fraction of sp³-hybridized carbons (Fsp3) is 0.250. The van der Waals surface area contributed by atoms with Crippen molar-refractivity contribution in [3.63, 3.8) is 0 Å². The van der Waals surface area contributed by atoms with Gasteiger partial charge in [0.1, 0.15) is 11.6 Å². The second-order valence-corrected chi connectivity index (χ2v) is 5.27. The number of benzene rings is 1. The van der Waals surface area contributed by atoms with E-state index in [1.165, 1.54) is 5.56 Å². The first kappa shape index (κ1) is 11.5. The summed E-state index contributed by atoms with van der Waals surface area (Å²) < 4.78 is 5.83. The van der Waals surface area contributed by atoms with Crippen molar-refractivity contribution in [3.8, 4) is 5.75 Å². The first-order chi connectivity index (χ1) is 9.79. The standard InChI is InChI=1S/C16H15N3O/c1-10-6-7-13-16(17-10)19-15(18-13)12-8-11-4-2-3-5-14(11)20-9-12/h2-7,12H,8-9H2,1H3,(H,17,18,19). The number of nitrogens with zero attached hydrogens (tertiary/aromatic N) is 2. The summed E-state index contributed by atoms with van der Waals surface area (Å²) in [7, 11) is 0. The van der Waals surface area contributed by atoms with E-state index >= 15 is 0 Å². The summed E-state index contributed by atoms with van der Waals surface area (Å²) in [4.78, 5) is 12.4. The molecule has 2 aromatic heterocycles. The molecule has 100 valence electrons. The molecule has 0 bridgehead atoms. The van der Waals surface area contributed by atoms with Crippen LogP contribution < -0.4 is 4.74 Å². The van der Waals surface area contributed by atoms with Crippen molar-refractivity contribution in [2.24, 2.45) is 0 Å². The van der Waals surface area contributed by atoms with E-state index in [0.717, 1.165) is 34.9 Å². The predicted molar refractivity (Wildman–Crippen MR) is 77.0 cm³/mol. The number of aromatic amines is 1. The smallest absolute Gasteiger partial charge is 0.177 e. The van der Waals surface area contributed by atoms with Gasteiger partial charge in [-0.05, 0) is 37.1 Å². The molecule has 1 unspecified atom stereocenters. The van der Waals surface area contributed by atoms with Crippen LogP contribution in [0, 0.1) is 6.92 Å². The third-order valence-corrected chi connectivity index (χ3v) is 3.77. The van der Waals surface area contributed by atoms with E-state index in [0.29, 0.717) is 6.61 Å². The summed E-state index contributed by atoms with van der Waals surface area (Å²) in [6.45, 7) is 2.64. The van der Waals surface area contributed by atoms with Crippen LogP contribution in [0.2, 0.25) is 0 Å². The Morgan fingerprint density at radius 1 is 1.15 bits per heavy atom. The Hall–Kier alpha value is -2.36. The Morgan fingerprint density at radius 2 is 2.05 bits per heavy atom. The summed E-state index contributed by atoms with van der Waals surface area (Å²) in [6, 6.07) is 12.2. The fourth-order valence-electron chi connectivity index (χ4n) is 2.70. The molecule has 3 heterocycles. The van der Waals surface area contributed by atoms with Crippen molar-refractivity contribution >= 4 is 11.2 Å². The van der Waals surface area contributed by atoms with Gasteiger partial charge in [-0.2, -0.15) is 0 Å². The minimum absolute atomic E-state index is 0.263. The number of ether oxygens (including phenoxy) is 1. The van der Waals surface area contributed by atoms with Gasteiger partial charge in [-0.1, -0.05) is 18.2 Å². The Kier molecular flexibility index (Phi) is 2.49. The normalized spacial score (nSPS) is 17.8. The molecule has 1 atom stereocenters. The second-order valence-electron chi connectivity index (χ2n) is 5.27. The van der Waals surface area contributed by atoms with Crippen molar-refractivity contribution in [1.29, 1.82) is 0 Å². The molecule has 0 radical (unpaired) electrons. The number of para-hydroxylation sites is 1. The lowest BCUT2D eigenvalue weighted by molar-refractivity contribution is 0.258. The highest BCUT2D eigenvalue weighted by molar-refractivity contribution is 5.70. The van der Waals surface area contributed by atoms with E-state index in [1.54, 1.807) is 0 Å². The van der Waals surface area contributed by atoms with Crippen molar-refractivity contribution in [2.75, 3.05) is 6.61 Å². The maximum atomic E-state index is 5.83. The molecular formula is C16H15N3O. The molecule has 4 nitrogen and oxygen atoms in total. The van der Waals surface area contributed by atoms with Crippen LogP contribution in [0.5, 0.6) is 5.75 Å². The number of rotatable bonds is 1. The van der Waals surface area contributed by atoms with E-state index < -0.39 is 0 Å². The van der Waals surface area contributed by atoms with Crippen LogP contribution in [0.25, 0.3) is 11.2 Å². The molecule has 4 rings (SSSR count). The van der Waals surface area contributed by atoms with Crippen LogP contribution in [0.1, 0.15) is 23.0 Å². The summed E-state index contributed by atoms with van der Waals surface area (Å²) >= 11 is 0. The van der Waals surface area contributed by atoms with Gasteiger partial charge in [-0.3, -0.25) is 0 Å². The van der Waals surface area contributed by atoms with Gasteiger partial charge < -0.3 is 9.72 Å². The third-order valence-electron chi connectivity index (χ3n) is 3.77. The molecule has 1 aromatic carbocycles. The molecule has 0 spiro atoms. The van der Waals surface area contributed by atoms with Gasteiger partial charge in [0.15, 0.2) is 5.65 Å². The summed E-state index contributed by atoms with van der Waals surface area (Å²) in [5, 5.41) is 0. The third kappa shape index (κ3) is 1.84. The average Bonchev–Trinajstić information content (AvgIpc) is 2.89. The number of pyridine rings is 1. The van der Waals surface area contributed by atoms with Gasteiger partial charge in [-0.15, -0.1) is 0 Å². The highest BCUT2D eigenvalue weighted by Crippen LogP contribution is 2.31. The molecule has 1 aliphatic rings. The Balaban J connectivity index is 1.70. The van der Waals surface area contributed by atoms with E-state index in [2.05, 4.69) is 21.0 Å². The molecule has 1 N–H and O–H groups in total. The molecule has 0 saturated carbocycles. The Labute approximate surface area is 116 Å². The van der Waals surface area contributed by atoms with Crippen molar-refractivity contribution in [2.45, 2.75) is 19.3 Å².